The molecule has 0 fully saturated rings. The van der Waals surface area contributed by atoms with Gasteiger partial charge in [-0.2, -0.15) is 8.42 Å². The zero-order valence-corrected chi connectivity index (χ0v) is 9.22. The molecule has 0 radical (unpaired) electrons. The molecule has 18 heavy (non-hydrogen) atoms. The van der Waals surface area contributed by atoms with E-state index in [-0.39, 0.29) is 0 Å². The van der Waals surface area contributed by atoms with E-state index in [4.69, 9.17) is 26.7 Å². The normalized spacial score (nSPS) is 12.8. The monoisotopic (exact) mass is 272 g/mol. The van der Waals surface area contributed by atoms with Crippen LogP contribution in [0.25, 0.3) is 31.9 Å². The molecule has 11 nitrogen and oxygen atoms in total. The van der Waals surface area contributed by atoms with Crippen LogP contribution < -0.4 is 0 Å². The van der Waals surface area contributed by atoms with E-state index in [9.17, 15) is 18.0 Å². The summed E-state index contributed by atoms with van der Waals surface area (Å²) in [6.07, 6.45) is 2.31. The van der Waals surface area contributed by atoms with Crippen molar-refractivity contribution < 1.29 is 22.6 Å². The maximum absolute atomic E-state index is 10.7. The quantitative estimate of drug-likeness (QED) is 0.244. The molecule has 0 spiro atoms. The van der Waals surface area contributed by atoms with Crippen LogP contribution in [0.2, 0.25) is 0 Å². The zero-order chi connectivity index (χ0) is 14.8. The molecule has 0 amide bonds. The van der Waals surface area contributed by atoms with Crippen molar-refractivity contribution in [3.63, 3.8) is 0 Å². The van der Waals surface area contributed by atoms with Gasteiger partial charge in [0, 0.05) is 6.08 Å². The Morgan fingerprint density at radius 2 is 1.39 bits per heavy atom. The van der Waals surface area contributed by atoms with Gasteiger partial charge >= 0.3 is 0 Å². The molecule has 0 saturated heterocycles. The van der Waals surface area contributed by atoms with Gasteiger partial charge in [-0.1, -0.05) is 0 Å². The van der Waals surface area contributed by atoms with Gasteiger partial charge in [-0.3, -0.25) is 24.0 Å². The average molecular weight is 272 g/mol. The molecule has 12 heteroatoms. The molecule has 1 aliphatic carbocycles. The third-order valence-electron chi connectivity index (χ3n) is 1.19. The Bertz CT molecular complexity index is 549. The first-order chi connectivity index (χ1) is 8.24. The lowest BCUT2D eigenvalue weighted by molar-refractivity contribution is -0.114. The SMILES string of the molecule is O=C1C=CC(=O)C(S(=O)(=O)O)=C1.[N-]=[N+]=[N-].[N-]=[N+]=[N-]. The predicted octanol–water partition coefficient (Wildman–Crippen LogP) is 1.20. The molecule has 0 aromatic heterocycles. The Labute approximate surface area is 100.0 Å². The van der Waals surface area contributed by atoms with E-state index in [0.717, 1.165) is 12.2 Å². The van der Waals surface area contributed by atoms with Crippen molar-refractivity contribution in [2.24, 2.45) is 0 Å². The van der Waals surface area contributed by atoms with Gasteiger partial charge in [0.15, 0.2) is 11.6 Å². The van der Waals surface area contributed by atoms with E-state index in [2.05, 4.69) is 0 Å². The topological polar surface area (TPSA) is 206 Å². The van der Waals surface area contributed by atoms with Crippen LogP contribution in [-0.4, -0.2) is 24.5 Å². The van der Waals surface area contributed by atoms with Gasteiger partial charge in [-0.25, -0.2) is 0 Å². The lowest BCUT2D eigenvalue weighted by atomic mass is 10.2. The van der Waals surface area contributed by atoms with E-state index < -0.39 is 26.6 Å². The molecule has 1 rings (SSSR count). The number of allylic oxidation sites excluding steroid dienone is 4. The van der Waals surface area contributed by atoms with Gasteiger partial charge in [0.2, 0.25) is 0 Å². The highest BCUT2D eigenvalue weighted by atomic mass is 32.2. The van der Waals surface area contributed by atoms with Crippen molar-refractivity contribution in [3.8, 4) is 0 Å². The summed E-state index contributed by atoms with van der Waals surface area (Å²) in [4.78, 5) is 23.4. The third-order valence-corrected chi connectivity index (χ3v) is 2.07. The van der Waals surface area contributed by atoms with Crippen LogP contribution in [0.5, 0.6) is 0 Å². The van der Waals surface area contributed by atoms with Gasteiger partial charge in [0.25, 0.3) is 10.1 Å². The fourth-order valence-corrected chi connectivity index (χ4v) is 1.28. The van der Waals surface area contributed by atoms with Gasteiger partial charge in [0.1, 0.15) is 4.91 Å². The summed E-state index contributed by atoms with van der Waals surface area (Å²) in [7, 11) is -4.57. The number of hydrogen-bond acceptors (Lipinski definition) is 4. The summed E-state index contributed by atoms with van der Waals surface area (Å²) in [6.45, 7) is 0. The van der Waals surface area contributed by atoms with Crippen LogP contribution in [0, 0.1) is 0 Å². The molecular formula is C6H4N6O5S-2. The summed E-state index contributed by atoms with van der Waals surface area (Å²) in [5, 5.41) is 0. The predicted molar refractivity (Wildman–Crippen MR) is 58.9 cm³/mol. The number of carbonyl (C=O) groups is 2. The third kappa shape index (κ3) is 7.62. The highest BCUT2D eigenvalue weighted by Crippen LogP contribution is 2.10. The first-order valence-electron chi connectivity index (χ1n) is 3.67. The number of rotatable bonds is 1. The molecule has 0 unspecified atom stereocenters. The maximum Gasteiger partial charge on any atom is 0.298 e. The minimum Gasteiger partial charge on any atom is -0.373 e. The minimum atomic E-state index is -4.57. The Kier molecular flexibility index (Phi) is 8.37. The van der Waals surface area contributed by atoms with Gasteiger partial charge in [-0.05, 0) is 12.2 Å². The van der Waals surface area contributed by atoms with Crippen molar-refractivity contribution in [3.05, 3.63) is 55.1 Å². The number of nitrogens with zero attached hydrogens (tertiary/aromatic N) is 6. The smallest absolute Gasteiger partial charge is 0.298 e. The molecule has 0 aromatic carbocycles. The summed E-state index contributed by atoms with van der Waals surface area (Å²) in [5.41, 5.74) is 27.0. The molecule has 0 saturated carbocycles. The van der Waals surface area contributed by atoms with E-state index in [1.165, 1.54) is 9.82 Å². The second-order valence-corrected chi connectivity index (χ2v) is 3.65. The van der Waals surface area contributed by atoms with Gasteiger partial charge < -0.3 is 22.1 Å². The second kappa shape index (κ2) is 8.50. The maximum atomic E-state index is 10.7. The van der Waals surface area contributed by atoms with E-state index >= 15 is 0 Å². The molecule has 96 valence electrons. The van der Waals surface area contributed by atoms with Crippen LogP contribution >= 0.6 is 0 Å². The minimum absolute atomic E-state index is 0.581. The fraction of sp³-hybridized carbons (Fsp3) is 0. The Hall–Kier alpha value is -2.65. The van der Waals surface area contributed by atoms with Crippen LogP contribution in [0.1, 0.15) is 0 Å². The van der Waals surface area contributed by atoms with Gasteiger partial charge in [0.05, 0.1) is 0 Å². The number of hydrogen-bond donors (Lipinski definition) is 1. The molecule has 1 N–H and O–H groups in total. The molecule has 0 aliphatic heterocycles. The van der Waals surface area contributed by atoms with E-state index in [1.54, 1.807) is 0 Å². The summed E-state index contributed by atoms with van der Waals surface area (Å²) in [5.74, 6) is -1.53. The first kappa shape index (κ1) is 17.7. The van der Waals surface area contributed by atoms with Crippen molar-refractivity contribution in [1.29, 1.82) is 0 Å². The number of carbonyl (C=O) groups excluding carboxylic acids is 2. The van der Waals surface area contributed by atoms with Crippen molar-refractivity contribution >= 4 is 21.7 Å². The van der Waals surface area contributed by atoms with Crippen LogP contribution in [0.3, 0.4) is 0 Å². The second-order valence-electron chi connectivity index (χ2n) is 2.26. The van der Waals surface area contributed by atoms with Crippen molar-refractivity contribution in [1.82, 2.24) is 0 Å². The average Bonchev–Trinajstić information content (AvgIpc) is 2.22. The molecule has 0 aromatic rings. The number of ketones is 2. The Morgan fingerprint density at radius 3 is 1.67 bits per heavy atom. The standard InChI is InChI=1S/C6H4O5S.2N3/c7-4-1-2-5(8)6(3-4)12(9,10)11;2*1-3-2/h1-3H,(H,9,10,11);;/q;2*-1. The molecular weight excluding hydrogens is 268 g/mol. The zero-order valence-electron chi connectivity index (χ0n) is 8.40. The molecule has 0 heterocycles. The summed E-state index contributed by atoms with van der Waals surface area (Å²) < 4.78 is 29.3. The van der Waals surface area contributed by atoms with E-state index in [1.807, 2.05) is 0 Å². The van der Waals surface area contributed by atoms with Gasteiger partial charge in [-0.15, -0.1) is 0 Å². The Balaban J connectivity index is 0. The summed E-state index contributed by atoms with van der Waals surface area (Å²) in [6, 6.07) is 0. The highest BCUT2D eigenvalue weighted by molar-refractivity contribution is 7.91. The van der Waals surface area contributed by atoms with Crippen molar-refractivity contribution in [2.75, 3.05) is 0 Å². The fourth-order valence-electron chi connectivity index (χ4n) is 0.690. The Morgan fingerprint density at radius 1 is 1.00 bits per heavy atom. The highest BCUT2D eigenvalue weighted by Gasteiger charge is 2.23. The van der Waals surface area contributed by atoms with E-state index in [0.29, 0.717) is 6.08 Å². The molecule has 0 bridgehead atoms. The lowest BCUT2D eigenvalue weighted by Gasteiger charge is -2.01. The van der Waals surface area contributed by atoms with Crippen LogP contribution in [-0.2, 0) is 19.7 Å². The lowest BCUT2D eigenvalue weighted by Crippen LogP contribution is -2.15. The molecule has 0 atom stereocenters. The van der Waals surface area contributed by atoms with Crippen LogP contribution in [0.15, 0.2) is 23.1 Å². The first-order valence-corrected chi connectivity index (χ1v) is 5.11. The van der Waals surface area contributed by atoms with Crippen molar-refractivity contribution in [2.45, 2.75) is 0 Å². The molecule has 1 aliphatic rings. The summed E-state index contributed by atoms with van der Waals surface area (Å²) >= 11 is 0. The van der Waals surface area contributed by atoms with Crippen LogP contribution in [0.4, 0.5) is 0 Å². The largest absolute Gasteiger partial charge is 0.373 e.